The molecule has 2 aromatic rings. The summed E-state index contributed by atoms with van der Waals surface area (Å²) in [6, 6.07) is 5.89. The molecule has 0 bridgehead atoms. The van der Waals surface area contributed by atoms with Crippen molar-refractivity contribution in [3.05, 3.63) is 30.1 Å². The van der Waals surface area contributed by atoms with Crippen LogP contribution in [0.2, 0.25) is 0 Å². The van der Waals surface area contributed by atoms with Crippen LogP contribution in [-0.2, 0) is 4.74 Å². The van der Waals surface area contributed by atoms with Crippen LogP contribution in [0.5, 0.6) is 0 Å². The topological polar surface area (TPSA) is 68.1 Å². The molecule has 7 nitrogen and oxygen atoms in total. The van der Waals surface area contributed by atoms with Crippen molar-refractivity contribution in [2.45, 2.75) is 18.9 Å². The van der Waals surface area contributed by atoms with Crippen LogP contribution in [0.15, 0.2) is 24.4 Å². The van der Waals surface area contributed by atoms with Crippen molar-refractivity contribution >= 4 is 17.6 Å². The lowest BCUT2D eigenvalue weighted by atomic mass is 9.95. The van der Waals surface area contributed by atoms with Crippen LogP contribution in [0.3, 0.4) is 0 Å². The van der Waals surface area contributed by atoms with Crippen molar-refractivity contribution in [1.29, 1.82) is 0 Å². The average Bonchev–Trinajstić information content (AvgIpc) is 3.31. The molecule has 0 spiro atoms. The Morgan fingerprint density at radius 3 is 2.76 bits per heavy atom. The Hall–Kier alpha value is -1.64. The van der Waals surface area contributed by atoms with Gasteiger partial charge in [0.25, 0.3) is 0 Å². The molecule has 0 aromatic carbocycles. The van der Waals surface area contributed by atoms with Gasteiger partial charge >= 0.3 is 0 Å². The van der Waals surface area contributed by atoms with Gasteiger partial charge < -0.3 is 10.1 Å². The Morgan fingerprint density at radius 2 is 2.12 bits per heavy atom. The normalized spacial score (nSPS) is 24.5. The fourth-order valence-corrected chi connectivity index (χ4v) is 4.95. The second kappa shape index (κ2) is 7.31. The third-order valence-corrected chi connectivity index (χ3v) is 6.20. The van der Waals surface area contributed by atoms with E-state index in [-0.39, 0.29) is 5.54 Å². The number of morpholine rings is 1. The SMILES string of the molecule is Cc1ccn(-c2ccc(NCC3(N4CCOCC4)CCSC3)nn2)n1. The summed E-state index contributed by atoms with van der Waals surface area (Å²) < 4.78 is 7.27. The summed E-state index contributed by atoms with van der Waals surface area (Å²) in [7, 11) is 0. The van der Waals surface area contributed by atoms with E-state index in [1.807, 2.05) is 43.1 Å². The van der Waals surface area contributed by atoms with Gasteiger partial charge in [0, 0.05) is 37.1 Å². The van der Waals surface area contributed by atoms with Crippen LogP contribution in [-0.4, -0.2) is 74.8 Å². The molecule has 25 heavy (non-hydrogen) atoms. The van der Waals surface area contributed by atoms with Gasteiger partial charge in [-0.1, -0.05) is 0 Å². The Bertz CT molecular complexity index is 691. The molecule has 2 saturated heterocycles. The van der Waals surface area contributed by atoms with Crippen LogP contribution in [0.4, 0.5) is 5.82 Å². The standard InChI is InChI=1S/C17H24N6OS/c1-14-4-6-23(21-14)16-3-2-15(19-20-16)18-12-17(5-11-25-13-17)22-7-9-24-10-8-22/h2-4,6H,5,7-13H2,1H3,(H,18,19). The Kier molecular flexibility index (Phi) is 4.91. The summed E-state index contributed by atoms with van der Waals surface area (Å²) in [4.78, 5) is 2.60. The highest BCUT2D eigenvalue weighted by Gasteiger charge is 2.40. The summed E-state index contributed by atoms with van der Waals surface area (Å²) >= 11 is 2.04. The van der Waals surface area contributed by atoms with Gasteiger partial charge in [0.05, 0.1) is 18.9 Å². The molecule has 8 heteroatoms. The highest BCUT2D eigenvalue weighted by atomic mass is 32.2. The average molecular weight is 360 g/mol. The third-order valence-electron chi connectivity index (χ3n) is 4.97. The maximum atomic E-state index is 5.52. The van der Waals surface area contributed by atoms with E-state index in [2.05, 4.69) is 25.5 Å². The van der Waals surface area contributed by atoms with Gasteiger partial charge in [-0.2, -0.15) is 16.9 Å². The van der Waals surface area contributed by atoms with Crippen LogP contribution < -0.4 is 5.32 Å². The molecule has 0 aliphatic carbocycles. The van der Waals surface area contributed by atoms with E-state index in [9.17, 15) is 0 Å². The number of thioether (sulfide) groups is 1. The van der Waals surface area contributed by atoms with Gasteiger partial charge in [0.2, 0.25) is 0 Å². The lowest BCUT2D eigenvalue weighted by Crippen LogP contribution is -2.57. The smallest absolute Gasteiger partial charge is 0.175 e. The fraction of sp³-hybridized carbons (Fsp3) is 0.588. The molecule has 134 valence electrons. The number of ether oxygens (including phenoxy) is 1. The first-order valence-corrected chi connectivity index (χ1v) is 9.91. The number of aryl methyl sites for hydroxylation is 1. The van der Waals surface area contributed by atoms with Gasteiger partial charge in [0.15, 0.2) is 5.82 Å². The van der Waals surface area contributed by atoms with E-state index >= 15 is 0 Å². The molecule has 2 aromatic heterocycles. The molecule has 4 rings (SSSR count). The predicted octanol–water partition coefficient (Wildman–Crippen LogP) is 1.59. The minimum Gasteiger partial charge on any atom is -0.379 e. The lowest BCUT2D eigenvalue weighted by molar-refractivity contribution is -0.00923. The van der Waals surface area contributed by atoms with Gasteiger partial charge in [-0.05, 0) is 37.3 Å². The molecule has 2 aliphatic rings. The minimum atomic E-state index is 0.202. The fourth-order valence-electron chi connectivity index (χ4n) is 3.47. The van der Waals surface area contributed by atoms with Crippen LogP contribution >= 0.6 is 11.8 Å². The van der Waals surface area contributed by atoms with Crippen molar-refractivity contribution in [2.24, 2.45) is 0 Å². The number of nitrogens with one attached hydrogen (secondary N) is 1. The molecule has 2 fully saturated rings. The van der Waals surface area contributed by atoms with Crippen molar-refractivity contribution < 1.29 is 4.74 Å². The number of hydrogen-bond donors (Lipinski definition) is 1. The van der Waals surface area contributed by atoms with Gasteiger partial charge in [0.1, 0.15) is 5.82 Å². The highest BCUT2D eigenvalue weighted by Crippen LogP contribution is 2.34. The molecule has 4 heterocycles. The summed E-state index contributed by atoms with van der Waals surface area (Å²) in [5, 5.41) is 16.5. The van der Waals surface area contributed by atoms with Crippen molar-refractivity contribution in [3.8, 4) is 5.82 Å². The molecular formula is C17H24N6OS. The van der Waals surface area contributed by atoms with Gasteiger partial charge in [-0.25, -0.2) is 4.68 Å². The predicted molar refractivity (Wildman–Crippen MR) is 99.4 cm³/mol. The molecule has 1 unspecified atom stereocenters. The quantitative estimate of drug-likeness (QED) is 0.868. The van der Waals surface area contributed by atoms with Gasteiger partial charge in [-0.3, -0.25) is 4.90 Å². The van der Waals surface area contributed by atoms with E-state index < -0.39 is 0 Å². The molecule has 0 amide bonds. The largest absolute Gasteiger partial charge is 0.379 e. The first-order chi connectivity index (χ1) is 12.3. The maximum Gasteiger partial charge on any atom is 0.175 e. The molecule has 0 radical (unpaired) electrons. The number of aromatic nitrogens is 4. The van der Waals surface area contributed by atoms with Gasteiger partial charge in [-0.15, -0.1) is 10.2 Å². The number of hydrogen-bond acceptors (Lipinski definition) is 7. The lowest BCUT2D eigenvalue weighted by Gasteiger charge is -2.43. The maximum absolute atomic E-state index is 5.52. The second-order valence-corrected chi connectivity index (χ2v) is 7.76. The summed E-state index contributed by atoms with van der Waals surface area (Å²) in [6.45, 7) is 6.57. The van der Waals surface area contributed by atoms with E-state index in [1.54, 1.807) is 4.68 Å². The first-order valence-electron chi connectivity index (χ1n) is 8.76. The Labute approximate surface area is 152 Å². The zero-order valence-corrected chi connectivity index (χ0v) is 15.3. The highest BCUT2D eigenvalue weighted by molar-refractivity contribution is 7.99. The number of nitrogens with zero attached hydrogens (tertiary/aromatic N) is 5. The minimum absolute atomic E-state index is 0.202. The van der Waals surface area contributed by atoms with E-state index in [4.69, 9.17) is 4.74 Å². The zero-order valence-electron chi connectivity index (χ0n) is 14.5. The van der Waals surface area contributed by atoms with E-state index in [0.29, 0.717) is 0 Å². The molecule has 1 N–H and O–H groups in total. The second-order valence-electron chi connectivity index (χ2n) is 6.66. The first kappa shape index (κ1) is 16.8. The summed E-state index contributed by atoms with van der Waals surface area (Å²) in [5.74, 6) is 3.94. The van der Waals surface area contributed by atoms with E-state index in [0.717, 1.165) is 55.9 Å². The van der Waals surface area contributed by atoms with Crippen LogP contribution in [0.25, 0.3) is 5.82 Å². The molecule has 2 aliphatic heterocycles. The number of anilines is 1. The van der Waals surface area contributed by atoms with Crippen molar-refractivity contribution in [1.82, 2.24) is 24.9 Å². The summed E-state index contributed by atoms with van der Waals surface area (Å²) in [6.07, 6.45) is 3.11. The van der Waals surface area contributed by atoms with Crippen LogP contribution in [0.1, 0.15) is 12.1 Å². The molecule has 1 atom stereocenters. The zero-order chi connectivity index (χ0) is 17.1. The molecular weight excluding hydrogens is 336 g/mol. The van der Waals surface area contributed by atoms with Crippen molar-refractivity contribution in [3.63, 3.8) is 0 Å². The van der Waals surface area contributed by atoms with Crippen molar-refractivity contribution in [2.75, 3.05) is 49.7 Å². The van der Waals surface area contributed by atoms with Crippen LogP contribution in [0, 0.1) is 6.92 Å². The monoisotopic (exact) mass is 360 g/mol. The third kappa shape index (κ3) is 3.65. The molecule has 0 saturated carbocycles. The summed E-state index contributed by atoms with van der Waals surface area (Å²) in [5.41, 5.74) is 1.17. The van der Waals surface area contributed by atoms with E-state index in [1.165, 1.54) is 12.2 Å². The Morgan fingerprint density at radius 1 is 1.24 bits per heavy atom. The Balaban J connectivity index is 1.42. The number of rotatable bonds is 5.